The highest BCUT2D eigenvalue weighted by Gasteiger charge is 2.44. The van der Waals surface area contributed by atoms with Crippen molar-refractivity contribution in [2.45, 2.75) is 105 Å². The highest BCUT2D eigenvalue weighted by molar-refractivity contribution is 6.83. The van der Waals surface area contributed by atoms with Gasteiger partial charge in [-0.1, -0.05) is 75.2 Å². The standard InChI is InChI=1S/C14H24N2OSi.C14H22N2OSi.CH4/c2*1-14(2,3)18(4,5)16-7-6-12-8-11(10-17)9-15-13(12)16;/h8-9,17H,6-7,10H2,1-5H3;6-9,17H,10H2,1-5H3;1H4. The molecule has 0 aromatic carbocycles. The van der Waals surface area contributed by atoms with Gasteiger partial charge in [-0.2, -0.15) is 0 Å². The van der Waals surface area contributed by atoms with Gasteiger partial charge >= 0.3 is 0 Å². The van der Waals surface area contributed by atoms with E-state index in [1.165, 1.54) is 5.56 Å². The predicted octanol–water partition coefficient (Wildman–Crippen LogP) is 6.96. The minimum Gasteiger partial charge on any atom is -0.392 e. The fourth-order valence-corrected chi connectivity index (χ4v) is 8.42. The molecule has 8 heteroatoms. The number of nitrogens with zero attached hydrogens (tertiary/aromatic N) is 4. The number of hydrogen-bond donors (Lipinski definition) is 2. The van der Waals surface area contributed by atoms with E-state index in [1.807, 2.05) is 12.3 Å². The molecule has 37 heavy (non-hydrogen) atoms. The molecule has 1 aliphatic rings. The van der Waals surface area contributed by atoms with Crippen LogP contribution in [0.5, 0.6) is 0 Å². The van der Waals surface area contributed by atoms with Crippen molar-refractivity contribution in [2.75, 3.05) is 11.1 Å². The van der Waals surface area contributed by atoms with E-state index in [2.05, 4.69) is 105 Å². The monoisotopic (exact) mass is 542 g/mol. The fourth-order valence-electron chi connectivity index (χ4n) is 4.32. The number of aliphatic hydroxyl groups excluding tert-OH is 2. The SMILES string of the molecule is C.CC(C)(C)[Si](C)(C)N1CCc2cc(CO)cnc21.CC(C)(C)[Si](C)(C)n1ccc2cc(CO)cnc21. The van der Waals surface area contributed by atoms with Gasteiger partial charge in [-0.15, -0.1) is 0 Å². The number of hydrogen-bond acceptors (Lipinski definition) is 5. The van der Waals surface area contributed by atoms with Crippen molar-refractivity contribution in [3.05, 3.63) is 53.5 Å². The van der Waals surface area contributed by atoms with Crippen LogP contribution in [-0.2, 0) is 19.6 Å². The Morgan fingerprint density at radius 3 is 1.92 bits per heavy atom. The molecule has 0 spiro atoms. The third-order valence-electron chi connectivity index (χ3n) is 8.76. The van der Waals surface area contributed by atoms with Crippen LogP contribution < -0.4 is 4.57 Å². The Morgan fingerprint density at radius 2 is 1.38 bits per heavy atom. The number of aliphatic hydroxyl groups is 2. The lowest BCUT2D eigenvalue weighted by atomic mass is 10.2. The lowest BCUT2D eigenvalue weighted by Gasteiger charge is -2.44. The first-order valence-corrected chi connectivity index (χ1v) is 18.9. The first-order valence-electron chi connectivity index (χ1n) is 13.0. The smallest absolute Gasteiger partial charge is 0.163 e. The lowest BCUT2D eigenvalue weighted by molar-refractivity contribution is 0.281. The minimum absolute atomic E-state index is 0. The van der Waals surface area contributed by atoms with E-state index in [0.29, 0.717) is 5.04 Å². The number of aromatic nitrogens is 3. The van der Waals surface area contributed by atoms with Crippen molar-refractivity contribution < 1.29 is 10.2 Å². The van der Waals surface area contributed by atoms with Gasteiger partial charge in [-0.05, 0) is 57.6 Å². The molecular formula is C29H50N4O2Si2. The molecule has 1 aliphatic heterocycles. The summed E-state index contributed by atoms with van der Waals surface area (Å²) in [6.07, 6.45) is 6.79. The van der Waals surface area contributed by atoms with Gasteiger partial charge in [0.2, 0.25) is 0 Å². The molecule has 3 aromatic rings. The molecule has 6 nitrogen and oxygen atoms in total. The molecule has 4 rings (SSSR count). The second-order valence-corrected chi connectivity index (χ2v) is 23.4. The number of anilines is 1. The molecule has 0 aliphatic carbocycles. The summed E-state index contributed by atoms with van der Waals surface area (Å²) in [5, 5.41) is 20.1. The third kappa shape index (κ3) is 6.03. The van der Waals surface area contributed by atoms with Crippen LogP contribution in [0, 0.1) is 0 Å². The molecule has 0 fully saturated rings. The van der Waals surface area contributed by atoms with E-state index in [9.17, 15) is 5.11 Å². The van der Waals surface area contributed by atoms with E-state index in [1.54, 1.807) is 6.20 Å². The van der Waals surface area contributed by atoms with Crippen LogP contribution in [0.25, 0.3) is 11.0 Å². The number of fused-ring (bicyclic) bond motifs is 2. The van der Waals surface area contributed by atoms with E-state index in [-0.39, 0.29) is 25.7 Å². The van der Waals surface area contributed by atoms with Gasteiger partial charge in [0.25, 0.3) is 0 Å². The van der Waals surface area contributed by atoms with E-state index < -0.39 is 16.5 Å². The normalized spacial score (nSPS) is 14.2. The van der Waals surface area contributed by atoms with Crippen molar-refractivity contribution in [1.82, 2.24) is 14.2 Å². The molecule has 0 radical (unpaired) electrons. The first-order chi connectivity index (χ1) is 16.5. The number of rotatable bonds is 4. The predicted molar refractivity (Wildman–Crippen MR) is 163 cm³/mol. The van der Waals surface area contributed by atoms with Gasteiger partial charge in [0.05, 0.1) is 13.2 Å². The van der Waals surface area contributed by atoms with Gasteiger partial charge < -0.3 is 19.0 Å². The highest BCUT2D eigenvalue weighted by atomic mass is 28.3. The summed E-state index contributed by atoms with van der Waals surface area (Å²) in [4.78, 5) is 9.12. The molecule has 0 atom stereocenters. The molecule has 0 saturated carbocycles. The van der Waals surface area contributed by atoms with Crippen LogP contribution >= 0.6 is 0 Å². The average molecular weight is 543 g/mol. The topological polar surface area (TPSA) is 74.4 Å². The largest absolute Gasteiger partial charge is 0.392 e. The Bertz CT molecular complexity index is 1210. The quantitative estimate of drug-likeness (QED) is 0.349. The lowest BCUT2D eigenvalue weighted by Crippen LogP contribution is -2.54. The van der Waals surface area contributed by atoms with Gasteiger partial charge in [0.1, 0.15) is 11.5 Å². The molecular weight excluding hydrogens is 493 g/mol. The van der Waals surface area contributed by atoms with E-state index in [0.717, 1.165) is 40.9 Å². The van der Waals surface area contributed by atoms with Crippen molar-refractivity contribution >= 4 is 33.3 Å². The van der Waals surface area contributed by atoms with Crippen LogP contribution in [0.1, 0.15) is 65.7 Å². The molecule has 0 bridgehead atoms. The Balaban J connectivity index is 0.000000253. The zero-order chi connectivity index (χ0) is 27.1. The van der Waals surface area contributed by atoms with Crippen LogP contribution in [0.3, 0.4) is 0 Å². The first kappa shape index (κ1) is 31.2. The van der Waals surface area contributed by atoms with Crippen molar-refractivity contribution in [1.29, 1.82) is 0 Å². The van der Waals surface area contributed by atoms with E-state index >= 15 is 0 Å². The Kier molecular flexibility index (Phi) is 9.28. The Hall–Kier alpha value is -2.01. The zero-order valence-corrected chi connectivity index (χ0v) is 26.0. The second-order valence-electron chi connectivity index (χ2n) is 13.1. The highest BCUT2D eigenvalue weighted by Crippen LogP contribution is 2.43. The summed E-state index contributed by atoms with van der Waals surface area (Å²) in [6, 6.07) is 6.23. The summed E-state index contributed by atoms with van der Waals surface area (Å²) in [6.45, 7) is 24.7. The molecule has 4 heterocycles. The van der Waals surface area contributed by atoms with Crippen LogP contribution in [0.15, 0.2) is 36.8 Å². The molecule has 206 valence electrons. The van der Waals surface area contributed by atoms with E-state index in [4.69, 9.17) is 5.11 Å². The molecule has 2 N–H and O–H groups in total. The Labute approximate surface area is 227 Å². The van der Waals surface area contributed by atoms with Crippen LogP contribution in [-0.4, -0.2) is 47.4 Å². The van der Waals surface area contributed by atoms with Gasteiger partial charge in [0.15, 0.2) is 16.5 Å². The molecule has 0 unspecified atom stereocenters. The summed E-state index contributed by atoms with van der Waals surface area (Å²) < 4.78 is 4.91. The van der Waals surface area contributed by atoms with Gasteiger partial charge in [0, 0.05) is 24.3 Å². The average Bonchev–Trinajstić information content (AvgIpc) is 3.41. The Morgan fingerprint density at radius 1 is 0.838 bits per heavy atom. The minimum atomic E-state index is -1.63. The fraction of sp³-hybridized carbons (Fsp3) is 0.586. The maximum Gasteiger partial charge on any atom is 0.163 e. The maximum atomic E-state index is 9.18. The summed E-state index contributed by atoms with van der Waals surface area (Å²) in [7, 11) is -3.17. The van der Waals surface area contributed by atoms with Crippen LogP contribution in [0.2, 0.25) is 36.3 Å². The molecule has 3 aromatic heterocycles. The second kappa shape index (κ2) is 11.0. The summed E-state index contributed by atoms with van der Waals surface area (Å²) >= 11 is 0. The van der Waals surface area contributed by atoms with Crippen molar-refractivity contribution in [3.63, 3.8) is 0 Å². The maximum absolute atomic E-state index is 9.18. The molecule has 0 saturated heterocycles. The van der Waals surface area contributed by atoms with Gasteiger partial charge in [-0.25, -0.2) is 9.97 Å². The summed E-state index contributed by atoms with van der Waals surface area (Å²) in [5.74, 6) is 1.15. The van der Waals surface area contributed by atoms with Crippen molar-refractivity contribution in [2.24, 2.45) is 0 Å². The number of pyridine rings is 2. The van der Waals surface area contributed by atoms with Gasteiger partial charge in [-0.3, -0.25) is 0 Å². The summed E-state index contributed by atoms with van der Waals surface area (Å²) in [5.41, 5.74) is 4.13. The molecule has 0 amide bonds. The van der Waals surface area contributed by atoms with Crippen molar-refractivity contribution in [3.8, 4) is 0 Å². The van der Waals surface area contributed by atoms with Crippen LogP contribution in [0.4, 0.5) is 5.82 Å². The zero-order valence-electron chi connectivity index (χ0n) is 24.0. The third-order valence-corrected chi connectivity index (χ3v) is 19.4.